The molecule has 1 rings (SSSR count). The van der Waals surface area contributed by atoms with Gasteiger partial charge < -0.3 is 10.1 Å². The van der Waals surface area contributed by atoms with Gasteiger partial charge in [-0.15, -0.1) is 0 Å². The zero-order valence-corrected chi connectivity index (χ0v) is 9.14. The lowest BCUT2D eigenvalue weighted by Crippen LogP contribution is -2.04. The van der Waals surface area contributed by atoms with Gasteiger partial charge in [0.15, 0.2) is 0 Å². The molecule has 0 unspecified atom stereocenters. The monoisotopic (exact) mass is 209 g/mol. The summed E-state index contributed by atoms with van der Waals surface area (Å²) >= 11 is 0. The number of methoxy groups -OCH3 is 1. The molecule has 0 heterocycles. The summed E-state index contributed by atoms with van der Waals surface area (Å²) in [5, 5.41) is 3.15. The molecule has 0 spiro atoms. The molecule has 0 fully saturated rings. The number of anilines is 1. The summed E-state index contributed by atoms with van der Waals surface area (Å²) in [6.07, 6.45) is 0.927. The fourth-order valence-electron chi connectivity index (χ4n) is 1.16. The lowest BCUT2D eigenvalue weighted by atomic mass is 10.2. The molecule has 0 aliphatic heterocycles. The highest BCUT2D eigenvalue weighted by Crippen LogP contribution is 2.24. The number of ether oxygens (including phenoxy) is 1. The smallest absolute Gasteiger partial charge is 0.144 e. The number of rotatable bonds is 5. The molecule has 0 bridgehead atoms. The van der Waals surface area contributed by atoms with Gasteiger partial charge in [-0.2, -0.15) is 0 Å². The van der Waals surface area contributed by atoms with Gasteiger partial charge in [-0.25, -0.2) is 4.39 Å². The molecule has 1 aromatic carbocycles. The second kappa shape index (κ2) is 5.39. The van der Waals surface area contributed by atoms with Crippen molar-refractivity contribution in [3.63, 3.8) is 0 Å². The molecule has 3 heteroatoms. The molecule has 0 aromatic heterocycles. The zero-order chi connectivity index (χ0) is 11.3. The minimum atomic E-state index is -0.299. The van der Waals surface area contributed by atoms with Crippen LogP contribution in [-0.2, 0) is 0 Å². The third kappa shape index (κ3) is 3.27. The van der Waals surface area contributed by atoms with Crippen LogP contribution in [0.15, 0.2) is 30.4 Å². The standard InChI is InChI=1S/C12H16FNO/c1-4-9(2)8-14-11-6-5-10(13)7-12(11)15-3/h5-7,14H,2,4,8H2,1,3H3. The van der Waals surface area contributed by atoms with E-state index in [1.54, 1.807) is 6.07 Å². The van der Waals surface area contributed by atoms with Crippen LogP contribution >= 0.6 is 0 Å². The van der Waals surface area contributed by atoms with Crippen molar-refractivity contribution >= 4 is 5.69 Å². The molecule has 0 aliphatic rings. The van der Waals surface area contributed by atoms with Gasteiger partial charge in [-0.3, -0.25) is 0 Å². The average Bonchev–Trinajstić information content (AvgIpc) is 2.26. The highest BCUT2D eigenvalue weighted by Gasteiger charge is 2.03. The van der Waals surface area contributed by atoms with Gasteiger partial charge >= 0.3 is 0 Å². The highest BCUT2D eigenvalue weighted by atomic mass is 19.1. The van der Waals surface area contributed by atoms with Crippen molar-refractivity contribution in [3.05, 3.63) is 36.2 Å². The van der Waals surface area contributed by atoms with Crippen molar-refractivity contribution in [1.29, 1.82) is 0 Å². The first-order chi connectivity index (χ1) is 7.17. The van der Waals surface area contributed by atoms with Gasteiger partial charge in [0.1, 0.15) is 11.6 Å². The summed E-state index contributed by atoms with van der Waals surface area (Å²) in [5.74, 6) is 0.214. The summed E-state index contributed by atoms with van der Waals surface area (Å²) in [6, 6.07) is 4.42. The predicted molar refractivity (Wildman–Crippen MR) is 60.9 cm³/mol. The summed E-state index contributed by atoms with van der Waals surface area (Å²) in [4.78, 5) is 0. The third-order valence-electron chi connectivity index (χ3n) is 2.19. The maximum atomic E-state index is 12.9. The van der Waals surface area contributed by atoms with Gasteiger partial charge in [0.2, 0.25) is 0 Å². The van der Waals surface area contributed by atoms with Crippen LogP contribution in [0.25, 0.3) is 0 Å². The van der Waals surface area contributed by atoms with Crippen LogP contribution in [0.1, 0.15) is 13.3 Å². The molecule has 0 amide bonds. The summed E-state index contributed by atoms with van der Waals surface area (Å²) < 4.78 is 17.9. The van der Waals surface area contributed by atoms with E-state index in [-0.39, 0.29) is 5.82 Å². The maximum Gasteiger partial charge on any atom is 0.144 e. The Morgan fingerprint density at radius 3 is 2.87 bits per heavy atom. The molecular weight excluding hydrogens is 193 g/mol. The van der Waals surface area contributed by atoms with Crippen molar-refractivity contribution in [1.82, 2.24) is 0 Å². The predicted octanol–water partition coefficient (Wildman–Crippen LogP) is 3.21. The van der Waals surface area contributed by atoms with E-state index in [1.165, 1.54) is 19.2 Å². The molecule has 0 saturated carbocycles. The fourth-order valence-corrected chi connectivity index (χ4v) is 1.16. The Morgan fingerprint density at radius 2 is 2.27 bits per heavy atom. The number of hydrogen-bond acceptors (Lipinski definition) is 2. The van der Waals surface area contributed by atoms with Gasteiger partial charge in [0.05, 0.1) is 12.8 Å². The molecule has 82 valence electrons. The summed E-state index contributed by atoms with van der Waals surface area (Å²) in [7, 11) is 1.52. The minimum Gasteiger partial charge on any atom is -0.494 e. The molecular formula is C12H16FNO. The Bertz CT molecular complexity index is 349. The third-order valence-corrected chi connectivity index (χ3v) is 2.19. The van der Waals surface area contributed by atoms with E-state index in [1.807, 2.05) is 6.92 Å². The Hall–Kier alpha value is -1.51. The van der Waals surface area contributed by atoms with Gasteiger partial charge in [0.25, 0.3) is 0 Å². The fraction of sp³-hybridized carbons (Fsp3) is 0.333. The quantitative estimate of drug-likeness (QED) is 0.752. The molecule has 0 saturated heterocycles. The molecule has 0 aliphatic carbocycles. The first kappa shape index (κ1) is 11.6. The molecule has 0 radical (unpaired) electrons. The Kier molecular flexibility index (Phi) is 4.16. The van der Waals surface area contributed by atoms with Gasteiger partial charge in [-0.1, -0.05) is 19.1 Å². The number of nitrogens with one attached hydrogen (secondary N) is 1. The normalized spacial score (nSPS) is 9.80. The van der Waals surface area contributed by atoms with Crippen molar-refractivity contribution < 1.29 is 9.13 Å². The SMILES string of the molecule is C=C(CC)CNc1ccc(F)cc1OC. The van der Waals surface area contributed by atoms with Crippen molar-refractivity contribution in [2.45, 2.75) is 13.3 Å². The number of hydrogen-bond donors (Lipinski definition) is 1. The van der Waals surface area contributed by atoms with Gasteiger partial charge in [0, 0.05) is 12.6 Å². The van der Waals surface area contributed by atoms with Crippen molar-refractivity contribution in [2.24, 2.45) is 0 Å². The van der Waals surface area contributed by atoms with Crippen LogP contribution in [0, 0.1) is 5.82 Å². The van der Waals surface area contributed by atoms with Crippen LogP contribution < -0.4 is 10.1 Å². The largest absolute Gasteiger partial charge is 0.494 e. The zero-order valence-electron chi connectivity index (χ0n) is 9.14. The molecule has 1 aromatic rings. The van der Waals surface area contributed by atoms with E-state index in [9.17, 15) is 4.39 Å². The minimum absolute atomic E-state index is 0.299. The van der Waals surface area contributed by atoms with Crippen LogP contribution in [0.3, 0.4) is 0 Å². The summed E-state index contributed by atoms with van der Waals surface area (Å²) in [5.41, 5.74) is 1.88. The molecule has 15 heavy (non-hydrogen) atoms. The van der Waals surface area contributed by atoms with E-state index < -0.39 is 0 Å². The Morgan fingerprint density at radius 1 is 1.53 bits per heavy atom. The van der Waals surface area contributed by atoms with E-state index in [0.29, 0.717) is 12.3 Å². The van der Waals surface area contributed by atoms with E-state index in [4.69, 9.17) is 4.74 Å². The lowest BCUT2D eigenvalue weighted by molar-refractivity contribution is 0.413. The van der Waals surface area contributed by atoms with Crippen LogP contribution in [0.5, 0.6) is 5.75 Å². The second-order valence-corrected chi connectivity index (χ2v) is 3.30. The molecule has 1 N–H and O–H groups in total. The topological polar surface area (TPSA) is 21.3 Å². The Labute approximate surface area is 89.8 Å². The van der Waals surface area contributed by atoms with E-state index in [0.717, 1.165) is 17.7 Å². The average molecular weight is 209 g/mol. The van der Waals surface area contributed by atoms with Crippen LogP contribution in [0.2, 0.25) is 0 Å². The van der Waals surface area contributed by atoms with E-state index >= 15 is 0 Å². The van der Waals surface area contributed by atoms with Crippen molar-refractivity contribution in [3.8, 4) is 5.75 Å². The summed E-state index contributed by atoms with van der Waals surface area (Å²) in [6.45, 7) is 6.61. The number of benzene rings is 1. The lowest BCUT2D eigenvalue weighted by Gasteiger charge is -2.11. The molecule has 0 atom stereocenters. The Balaban J connectivity index is 2.72. The maximum absolute atomic E-state index is 12.9. The van der Waals surface area contributed by atoms with E-state index in [2.05, 4.69) is 11.9 Å². The first-order valence-electron chi connectivity index (χ1n) is 4.91. The van der Waals surface area contributed by atoms with Crippen molar-refractivity contribution in [2.75, 3.05) is 19.0 Å². The second-order valence-electron chi connectivity index (χ2n) is 3.30. The highest BCUT2D eigenvalue weighted by molar-refractivity contribution is 5.56. The van der Waals surface area contributed by atoms with Crippen LogP contribution in [-0.4, -0.2) is 13.7 Å². The molecule has 2 nitrogen and oxygen atoms in total. The number of halogens is 1. The van der Waals surface area contributed by atoms with Crippen LogP contribution in [0.4, 0.5) is 10.1 Å². The van der Waals surface area contributed by atoms with Gasteiger partial charge in [-0.05, 0) is 18.6 Å². The first-order valence-corrected chi connectivity index (χ1v) is 4.91.